The van der Waals surface area contributed by atoms with Gasteiger partial charge in [-0.1, -0.05) is 29.8 Å². The molecule has 100 valence electrons. The van der Waals surface area contributed by atoms with Gasteiger partial charge in [-0.25, -0.2) is 4.39 Å². The van der Waals surface area contributed by atoms with Crippen molar-refractivity contribution in [3.63, 3.8) is 0 Å². The van der Waals surface area contributed by atoms with Crippen LogP contribution in [0.1, 0.15) is 25.5 Å². The molecule has 0 spiro atoms. The van der Waals surface area contributed by atoms with Crippen LogP contribution in [0.2, 0.25) is 0 Å². The van der Waals surface area contributed by atoms with Gasteiger partial charge in [0, 0.05) is 35.7 Å². The molecule has 18 heavy (non-hydrogen) atoms. The summed E-state index contributed by atoms with van der Waals surface area (Å²) in [6, 6.07) is 5.06. The number of halogens is 2. The molecule has 1 aliphatic rings. The molecular weight excluding hydrogens is 295 g/mol. The maximum Gasteiger partial charge on any atom is 0.128 e. The number of hydrogen-bond donors (Lipinski definition) is 1. The summed E-state index contributed by atoms with van der Waals surface area (Å²) in [5.74, 6) is 1.13. The van der Waals surface area contributed by atoms with Crippen LogP contribution in [-0.4, -0.2) is 24.5 Å². The zero-order valence-electron chi connectivity index (χ0n) is 10.9. The molecule has 1 heterocycles. The maximum absolute atomic E-state index is 14.0. The first-order valence-electron chi connectivity index (χ1n) is 6.42. The highest BCUT2D eigenvalue weighted by Crippen LogP contribution is 2.32. The van der Waals surface area contributed by atoms with Crippen LogP contribution < -0.4 is 5.73 Å². The molecule has 2 N–H and O–H groups in total. The largest absolute Gasteiger partial charge is 0.329 e. The Bertz CT molecular complexity index is 414. The second-order valence-electron chi connectivity index (χ2n) is 5.33. The lowest BCUT2D eigenvalue weighted by atomic mass is 10.0. The maximum atomic E-state index is 14.0. The molecule has 0 bridgehead atoms. The third kappa shape index (κ3) is 2.76. The summed E-state index contributed by atoms with van der Waals surface area (Å²) in [6.07, 6.45) is 0. The van der Waals surface area contributed by atoms with Gasteiger partial charge in [-0.05, 0) is 30.0 Å². The number of nitrogens with two attached hydrogens (primary N) is 1. The number of likely N-dealkylation sites (tertiary alicyclic amines) is 1. The number of benzene rings is 1. The normalized spacial score (nSPS) is 26.5. The quantitative estimate of drug-likeness (QED) is 0.928. The van der Waals surface area contributed by atoms with E-state index in [9.17, 15) is 4.39 Å². The standard InChI is InChI=1S/C14H20BrFN2/c1-9-7-18(8-10(9)2)14(6-17)12-5-11(15)3-4-13(12)16/h3-5,9-10,14H,6-8,17H2,1-2H3. The first-order valence-corrected chi connectivity index (χ1v) is 7.21. The van der Waals surface area contributed by atoms with Crippen LogP contribution in [0.15, 0.2) is 22.7 Å². The van der Waals surface area contributed by atoms with Gasteiger partial charge in [0.15, 0.2) is 0 Å². The average molecular weight is 315 g/mol. The summed E-state index contributed by atoms with van der Waals surface area (Å²) in [5.41, 5.74) is 6.57. The predicted octanol–water partition coefficient (Wildman–Crippen LogP) is 3.18. The van der Waals surface area contributed by atoms with Gasteiger partial charge in [0.1, 0.15) is 5.82 Å². The molecule has 1 aromatic rings. The van der Waals surface area contributed by atoms with E-state index in [1.165, 1.54) is 6.07 Å². The lowest BCUT2D eigenvalue weighted by Crippen LogP contribution is -2.32. The fourth-order valence-electron chi connectivity index (χ4n) is 2.67. The zero-order chi connectivity index (χ0) is 13.3. The van der Waals surface area contributed by atoms with Crippen LogP contribution in [0, 0.1) is 17.7 Å². The molecule has 1 fully saturated rings. The van der Waals surface area contributed by atoms with Gasteiger partial charge < -0.3 is 5.73 Å². The second kappa shape index (κ2) is 5.68. The van der Waals surface area contributed by atoms with Crippen LogP contribution >= 0.6 is 15.9 Å². The fraction of sp³-hybridized carbons (Fsp3) is 0.571. The molecule has 0 radical (unpaired) electrons. The molecule has 1 aromatic carbocycles. The van der Waals surface area contributed by atoms with Crippen molar-refractivity contribution >= 4 is 15.9 Å². The Labute approximate surface area is 116 Å². The van der Waals surface area contributed by atoms with Crippen molar-refractivity contribution in [2.75, 3.05) is 19.6 Å². The Morgan fingerprint density at radius 3 is 2.56 bits per heavy atom. The third-order valence-corrected chi connectivity index (χ3v) is 4.49. The molecule has 3 unspecified atom stereocenters. The molecule has 1 aliphatic heterocycles. The summed E-state index contributed by atoms with van der Waals surface area (Å²) in [4.78, 5) is 2.31. The first kappa shape index (κ1) is 14.0. The van der Waals surface area contributed by atoms with Crippen LogP contribution in [0.5, 0.6) is 0 Å². The zero-order valence-corrected chi connectivity index (χ0v) is 12.5. The minimum absolute atomic E-state index is 0.0186. The van der Waals surface area contributed by atoms with Gasteiger partial charge in [-0.3, -0.25) is 4.90 Å². The van der Waals surface area contributed by atoms with Crippen molar-refractivity contribution in [2.24, 2.45) is 17.6 Å². The van der Waals surface area contributed by atoms with Gasteiger partial charge in [0.05, 0.1) is 0 Å². The number of rotatable bonds is 3. The summed E-state index contributed by atoms with van der Waals surface area (Å²) in [5, 5.41) is 0. The number of nitrogens with zero attached hydrogens (tertiary/aromatic N) is 1. The summed E-state index contributed by atoms with van der Waals surface area (Å²) < 4.78 is 14.9. The van der Waals surface area contributed by atoms with Gasteiger partial charge >= 0.3 is 0 Å². The molecule has 0 aliphatic carbocycles. The Balaban J connectivity index is 2.26. The van der Waals surface area contributed by atoms with Gasteiger partial charge in [0.2, 0.25) is 0 Å². The van der Waals surface area contributed by atoms with Gasteiger partial charge in [-0.2, -0.15) is 0 Å². The molecule has 2 nitrogen and oxygen atoms in total. The highest BCUT2D eigenvalue weighted by atomic mass is 79.9. The Hall–Kier alpha value is -0.450. The second-order valence-corrected chi connectivity index (χ2v) is 6.24. The van der Waals surface area contributed by atoms with Crippen LogP contribution in [-0.2, 0) is 0 Å². The Kier molecular flexibility index (Phi) is 4.41. The molecule has 2 rings (SSSR count). The SMILES string of the molecule is CC1CN(C(CN)c2cc(Br)ccc2F)CC1C. The molecule has 1 saturated heterocycles. The van der Waals surface area contributed by atoms with E-state index in [4.69, 9.17) is 5.73 Å². The topological polar surface area (TPSA) is 29.3 Å². The highest BCUT2D eigenvalue weighted by molar-refractivity contribution is 9.10. The monoisotopic (exact) mass is 314 g/mol. The van der Waals surface area contributed by atoms with E-state index in [0.717, 1.165) is 17.6 Å². The van der Waals surface area contributed by atoms with Crippen molar-refractivity contribution in [1.82, 2.24) is 4.90 Å². The Morgan fingerprint density at radius 1 is 1.39 bits per heavy atom. The molecule has 0 saturated carbocycles. The Morgan fingerprint density at radius 2 is 2.00 bits per heavy atom. The van der Waals surface area contributed by atoms with Crippen molar-refractivity contribution in [3.05, 3.63) is 34.1 Å². The molecule has 4 heteroatoms. The summed E-state index contributed by atoms with van der Waals surface area (Å²) >= 11 is 3.40. The van der Waals surface area contributed by atoms with E-state index in [-0.39, 0.29) is 11.9 Å². The number of hydrogen-bond acceptors (Lipinski definition) is 2. The summed E-state index contributed by atoms with van der Waals surface area (Å²) in [6.45, 7) is 6.93. The van der Waals surface area contributed by atoms with Crippen LogP contribution in [0.3, 0.4) is 0 Å². The molecule has 0 aromatic heterocycles. The lowest BCUT2D eigenvalue weighted by Gasteiger charge is -2.27. The smallest absolute Gasteiger partial charge is 0.128 e. The van der Waals surface area contributed by atoms with Crippen LogP contribution in [0.4, 0.5) is 4.39 Å². The third-order valence-electron chi connectivity index (χ3n) is 4.00. The van der Waals surface area contributed by atoms with E-state index in [0.29, 0.717) is 23.9 Å². The predicted molar refractivity (Wildman–Crippen MR) is 75.8 cm³/mol. The van der Waals surface area contributed by atoms with Gasteiger partial charge in [-0.15, -0.1) is 0 Å². The molecular formula is C14H20BrFN2. The van der Waals surface area contributed by atoms with Crippen LogP contribution in [0.25, 0.3) is 0 Å². The van der Waals surface area contributed by atoms with Crippen molar-refractivity contribution in [3.8, 4) is 0 Å². The van der Waals surface area contributed by atoms with E-state index < -0.39 is 0 Å². The lowest BCUT2D eigenvalue weighted by molar-refractivity contribution is 0.235. The highest BCUT2D eigenvalue weighted by Gasteiger charge is 2.32. The average Bonchev–Trinajstić information content (AvgIpc) is 2.65. The minimum Gasteiger partial charge on any atom is -0.329 e. The van der Waals surface area contributed by atoms with E-state index in [1.807, 2.05) is 6.07 Å². The molecule has 3 atom stereocenters. The van der Waals surface area contributed by atoms with E-state index >= 15 is 0 Å². The summed E-state index contributed by atoms with van der Waals surface area (Å²) in [7, 11) is 0. The van der Waals surface area contributed by atoms with Crippen molar-refractivity contribution in [2.45, 2.75) is 19.9 Å². The first-order chi connectivity index (χ1) is 8.52. The molecule has 0 amide bonds. The van der Waals surface area contributed by atoms with E-state index in [1.54, 1.807) is 6.07 Å². The van der Waals surface area contributed by atoms with Gasteiger partial charge in [0.25, 0.3) is 0 Å². The van der Waals surface area contributed by atoms with Crippen molar-refractivity contribution < 1.29 is 4.39 Å². The van der Waals surface area contributed by atoms with Crippen molar-refractivity contribution in [1.29, 1.82) is 0 Å². The van der Waals surface area contributed by atoms with E-state index in [2.05, 4.69) is 34.7 Å². The minimum atomic E-state index is -0.166. The fourth-order valence-corrected chi connectivity index (χ4v) is 3.05.